The summed E-state index contributed by atoms with van der Waals surface area (Å²) in [6, 6.07) is 6.36. The van der Waals surface area contributed by atoms with Gasteiger partial charge in [-0.1, -0.05) is 12.1 Å². The Morgan fingerprint density at radius 2 is 2.19 bits per heavy atom. The first-order valence-electron chi connectivity index (χ1n) is 5.17. The van der Waals surface area contributed by atoms with Crippen molar-refractivity contribution in [2.45, 2.75) is 32.4 Å². The molecule has 0 unspecified atom stereocenters. The second kappa shape index (κ2) is 5.07. The summed E-state index contributed by atoms with van der Waals surface area (Å²) in [6.07, 6.45) is 0.252. The average molecular weight is 224 g/mol. The molecule has 0 fully saturated rings. The highest BCUT2D eigenvalue weighted by Gasteiger charge is 2.19. The zero-order chi connectivity index (χ0) is 12.2. The predicted molar refractivity (Wildman–Crippen MR) is 61.1 cm³/mol. The zero-order valence-electron chi connectivity index (χ0n) is 9.59. The average Bonchev–Trinajstić information content (AvgIpc) is 2.13. The molecule has 3 N–H and O–H groups in total. The van der Waals surface area contributed by atoms with Crippen LogP contribution in [0.3, 0.4) is 0 Å². The maximum atomic E-state index is 12.9. The summed E-state index contributed by atoms with van der Waals surface area (Å²) in [5, 5.41) is 3.17. The summed E-state index contributed by atoms with van der Waals surface area (Å²) in [6.45, 7) is 4.28. The monoisotopic (exact) mass is 224 g/mol. The highest BCUT2D eigenvalue weighted by Crippen LogP contribution is 2.10. The number of carbonyl (C=O) groups is 1. The number of halogens is 1. The van der Waals surface area contributed by atoms with E-state index < -0.39 is 0 Å². The van der Waals surface area contributed by atoms with Gasteiger partial charge in [0.15, 0.2) is 0 Å². The summed E-state index contributed by atoms with van der Waals surface area (Å²) in [5.74, 6) is -0.608. The predicted octanol–water partition coefficient (Wildman–Crippen LogP) is 1.57. The van der Waals surface area contributed by atoms with Crippen molar-refractivity contribution in [2.75, 3.05) is 0 Å². The lowest BCUT2D eigenvalue weighted by Gasteiger charge is -2.24. The van der Waals surface area contributed by atoms with Gasteiger partial charge in [-0.05, 0) is 31.5 Å². The third kappa shape index (κ3) is 4.40. The van der Waals surface area contributed by atoms with E-state index in [-0.39, 0.29) is 23.7 Å². The van der Waals surface area contributed by atoms with Crippen molar-refractivity contribution in [1.82, 2.24) is 5.32 Å². The molecule has 0 aliphatic carbocycles. The Kier molecular flexibility index (Phi) is 4.01. The molecule has 88 valence electrons. The lowest BCUT2D eigenvalue weighted by molar-refractivity contribution is -0.119. The first kappa shape index (κ1) is 12.6. The Balaban J connectivity index is 2.54. The Morgan fingerprint density at radius 3 is 2.75 bits per heavy atom. The number of nitrogens with two attached hydrogens (primary N) is 1. The van der Waals surface area contributed by atoms with Crippen molar-refractivity contribution in [1.29, 1.82) is 0 Å². The maximum Gasteiger partial charge on any atom is 0.219 e. The lowest BCUT2D eigenvalue weighted by Crippen LogP contribution is -2.42. The zero-order valence-corrected chi connectivity index (χ0v) is 9.59. The third-order valence-corrected chi connectivity index (χ3v) is 2.28. The molecule has 4 heteroatoms. The van der Waals surface area contributed by atoms with E-state index in [4.69, 9.17) is 5.73 Å². The first-order valence-corrected chi connectivity index (χ1v) is 5.17. The van der Waals surface area contributed by atoms with Gasteiger partial charge in [-0.2, -0.15) is 0 Å². The number of rotatable bonds is 5. The number of amides is 1. The van der Waals surface area contributed by atoms with Crippen molar-refractivity contribution in [2.24, 2.45) is 5.73 Å². The van der Waals surface area contributed by atoms with Crippen LogP contribution >= 0.6 is 0 Å². The van der Waals surface area contributed by atoms with E-state index in [9.17, 15) is 9.18 Å². The molecule has 0 aliphatic heterocycles. The number of primary amides is 1. The molecule has 0 atom stereocenters. The second-order valence-corrected chi connectivity index (χ2v) is 4.51. The van der Waals surface area contributed by atoms with Gasteiger partial charge in [0.1, 0.15) is 5.82 Å². The fourth-order valence-corrected chi connectivity index (χ4v) is 1.49. The van der Waals surface area contributed by atoms with Crippen LogP contribution in [0, 0.1) is 5.82 Å². The van der Waals surface area contributed by atoms with Crippen LogP contribution in [-0.4, -0.2) is 11.4 Å². The molecule has 0 heterocycles. The molecule has 1 amide bonds. The highest BCUT2D eigenvalue weighted by molar-refractivity contribution is 5.74. The van der Waals surface area contributed by atoms with Crippen LogP contribution in [0.2, 0.25) is 0 Å². The normalized spacial score (nSPS) is 11.4. The van der Waals surface area contributed by atoms with Crippen molar-refractivity contribution in [3.8, 4) is 0 Å². The highest BCUT2D eigenvalue weighted by atomic mass is 19.1. The molecule has 0 bridgehead atoms. The molecular weight excluding hydrogens is 207 g/mol. The molecular formula is C12H17FN2O. The standard InChI is InChI=1S/C12H17FN2O/c1-12(2,7-11(14)16)15-8-9-4-3-5-10(13)6-9/h3-6,15H,7-8H2,1-2H3,(H2,14,16). The van der Waals surface area contributed by atoms with Gasteiger partial charge in [0, 0.05) is 18.5 Å². The summed E-state index contributed by atoms with van der Waals surface area (Å²) in [4.78, 5) is 10.8. The molecule has 3 nitrogen and oxygen atoms in total. The molecule has 0 spiro atoms. The Hall–Kier alpha value is -1.42. The van der Waals surface area contributed by atoms with Gasteiger partial charge >= 0.3 is 0 Å². The van der Waals surface area contributed by atoms with Gasteiger partial charge in [0.05, 0.1) is 0 Å². The van der Waals surface area contributed by atoms with Crippen LogP contribution in [0.15, 0.2) is 24.3 Å². The van der Waals surface area contributed by atoms with E-state index in [0.29, 0.717) is 6.54 Å². The molecule has 0 saturated heterocycles. The molecule has 0 saturated carbocycles. The van der Waals surface area contributed by atoms with Crippen LogP contribution in [0.1, 0.15) is 25.8 Å². The minimum atomic E-state index is -0.377. The maximum absolute atomic E-state index is 12.9. The third-order valence-electron chi connectivity index (χ3n) is 2.28. The van der Waals surface area contributed by atoms with Crippen LogP contribution in [0.5, 0.6) is 0 Å². The van der Waals surface area contributed by atoms with Crippen LogP contribution in [0.25, 0.3) is 0 Å². The number of nitrogens with one attached hydrogen (secondary N) is 1. The fourth-order valence-electron chi connectivity index (χ4n) is 1.49. The summed E-state index contributed by atoms with van der Waals surface area (Å²) < 4.78 is 12.9. The minimum absolute atomic E-state index is 0.252. The van der Waals surface area contributed by atoms with Gasteiger partial charge in [-0.3, -0.25) is 4.79 Å². The topological polar surface area (TPSA) is 55.1 Å². The number of hydrogen-bond donors (Lipinski definition) is 2. The van der Waals surface area contributed by atoms with Crippen molar-refractivity contribution >= 4 is 5.91 Å². The van der Waals surface area contributed by atoms with E-state index in [2.05, 4.69) is 5.32 Å². The van der Waals surface area contributed by atoms with E-state index in [1.807, 2.05) is 19.9 Å². The summed E-state index contributed by atoms with van der Waals surface area (Å²) >= 11 is 0. The van der Waals surface area contributed by atoms with Gasteiger partial charge < -0.3 is 11.1 Å². The van der Waals surface area contributed by atoms with E-state index in [1.54, 1.807) is 6.07 Å². The smallest absolute Gasteiger partial charge is 0.219 e. The van der Waals surface area contributed by atoms with Crippen molar-refractivity contribution < 1.29 is 9.18 Å². The Morgan fingerprint density at radius 1 is 1.50 bits per heavy atom. The van der Waals surface area contributed by atoms with Gasteiger partial charge in [-0.25, -0.2) is 4.39 Å². The fraction of sp³-hybridized carbons (Fsp3) is 0.417. The number of carbonyl (C=O) groups excluding carboxylic acids is 1. The molecule has 16 heavy (non-hydrogen) atoms. The van der Waals surface area contributed by atoms with Crippen molar-refractivity contribution in [3.05, 3.63) is 35.6 Å². The Labute approximate surface area is 94.8 Å². The molecule has 0 radical (unpaired) electrons. The minimum Gasteiger partial charge on any atom is -0.370 e. The molecule has 0 aromatic heterocycles. The largest absolute Gasteiger partial charge is 0.370 e. The number of benzene rings is 1. The summed E-state index contributed by atoms with van der Waals surface area (Å²) in [5.41, 5.74) is 5.60. The SMILES string of the molecule is CC(C)(CC(N)=O)NCc1cccc(F)c1. The quantitative estimate of drug-likeness (QED) is 0.797. The molecule has 1 aromatic carbocycles. The van der Waals surface area contributed by atoms with Crippen LogP contribution in [-0.2, 0) is 11.3 Å². The second-order valence-electron chi connectivity index (χ2n) is 4.51. The van der Waals surface area contributed by atoms with Gasteiger partial charge in [0.2, 0.25) is 5.91 Å². The van der Waals surface area contributed by atoms with Gasteiger partial charge in [0.25, 0.3) is 0 Å². The van der Waals surface area contributed by atoms with E-state index in [1.165, 1.54) is 12.1 Å². The first-order chi connectivity index (χ1) is 7.39. The molecule has 1 rings (SSSR count). The molecule has 1 aromatic rings. The summed E-state index contributed by atoms with van der Waals surface area (Å²) in [7, 11) is 0. The van der Waals surface area contributed by atoms with Crippen molar-refractivity contribution in [3.63, 3.8) is 0 Å². The van der Waals surface area contributed by atoms with Crippen LogP contribution < -0.4 is 11.1 Å². The Bertz CT molecular complexity index is 377. The number of hydrogen-bond acceptors (Lipinski definition) is 2. The lowest BCUT2D eigenvalue weighted by atomic mass is 10.00. The molecule has 0 aliphatic rings. The van der Waals surface area contributed by atoms with E-state index in [0.717, 1.165) is 5.56 Å². The van der Waals surface area contributed by atoms with Gasteiger partial charge in [-0.15, -0.1) is 0 Å². The van der Waals surface area contributed by atoms with E-state index >= 15 is 0 Å². The van der Waals surface area contributed by atoms with Crippen LogP contribution in [0.4, 0.5) is 4.39 Å².